The van der Waals surface area contributed by atoms with Crippen LogP contribution in [0, 0.1) is 0 Å². The first-order valence-corrected chi connectivity index (χ1v) is 12.4. The van der Waals surface area contributed by atoms with Crippen molar-refractivity contribution in [3.8, 4) is 5.75 Å². The Kier molecular flexibility index (Phi) is 7.41. The van der Waals surface area contributed by atoms with Gasteiger partial charge in [-0.05, 0) is 42.0 Å². The lowest BCUT2D eigenvalue weighted by molar-refractivity contribution is 0.0322. The second kappa shape index (κ2) is 11.0. The number of nitrogens with zero attached hydrogens (tertiary/aromatic N) is 2. The van der Waals surface area contributed by atoms with E-state index in [1.54, 1.807) is 24.3 Å². The third-order valence-electron chi connectivity index (χ3n) is 6.21. The number of nitrogens with two attached hydrogens (primary N) is 1. The molecule has 1 unspecified atom stereocenters. The van der Waals surface area contributed by atoms with Crippen LogP contribution in [0.15, 0.2) is 66.7 Å². The van der Waals surface area contributed by atoms with Crippen LogP contribution in [0.3, 0.4) is 0 Å². The second-order valence-electron chi connectivity index (χ2n) is 8.67. The fraction of sp³-hybridized carbons (Fsp3) is 0.259. The van der Waals surface area contributed by atoms with Crippen molar-refractivity contribution in [2.24, 2.45) is 0 Å². The van der Waals surface area contributed by atoms with Crippen molar-refractivity contribution in [2.75, 3.05) is 50.5 Å². The quantitative estimate of drug-likeness (QED) is 0.213. The second-order valence-corrected chi connectivity index (χ2v) is 9.19. The summed E-state index contributed by atoms with van der Waals surface area (Å²) in [6, 6.07) is 20.3. The maximum Gasteiger partial charge on any atom is 0.255 e. The molecule has 1 aromatic heterocycles. The van der Waals surface area contributed by atoms with E-state index >= 15 is 0 Å². The monoisotopic (exact) mass is 503 g/mol. The van der Waals surface area contributed by atoms with Gasteiger partial charge in [0, 0.05) is 31.3 Å². The van der Waals surface area contributed by atoms with Crippen LogP contribution in [0.2, 0.25) is 0 Å². The number of carbonyl (C=O) groups excluding carboxylic acids is 1. The zero-order valence-electron chi connectivity index (χ0n) is 19.8. The van der Waals surface area contributed by atoms with Gasteiger partial charge in [-0.25, -0.2) is 4.98 Å². The summed E-state index contributed by atoms with van der Waals surface area (Å²) < 4.78 is 11.3. The molecule has 1 saturated heterocycles. The maximum absolute atomic E-state index is 12.6. The van der Waals surface area contributed by atoms with Crippen LogP contribution >= 0.6 is 12.6 Å². The molecule has 8 nitrogen and oxygen atoms in total. The summed E-state index contributed by atoms with van der Waals surface area (Å²) in [6.07, 6.45) is 0. The third kappa shape index (κ3) is 5.64. The number of fused-ring (bicyclic) bond motifs is 1. The van der Waals surface area contributed by atoms with Gasteiger partial charge in [0.25, 0.3) is 5.91 Å². The Balaban J connectivity index is 1.22. The van der Waals surface area contributed by atoms with Crippen molar-refractivity contribution in [3.63, 3.8) is 0 Å². The lowest BCUT2D eigenvalue weighted by Crippen LogP contribution is -2.38. The van der Waals surface area contributed by atoms with E-state index in [-0.39, 0.29) is 11.2 Å². The smallest absolute Gasteiger partial charge is 0.255 e. The number of nitrogens with one attached hydrogen (secondary N) is 2. The standard InChI is InChI=1S/C27H29N5O3S/c28-21-3-1-2-4-22(21)31-27(33)19-7-5-18(6-8-19)25(36)26-29-23-10-9-20(17-24(23)30-26)35-16-13-32-11-14-34-15-12-32/h1-10,17,25,36H,11-16,28H2,(H,29,30)(H,31,33). The van der Waals surface area contributed by atoms with Gasteiger partial charge >= 0.3 is 0 Å². The highest BCUT2D eigenvalue weighted by atomic mass is 32.1. The molecule has 186 valence electrons. The molecule has 9 heteroatoms. The van der Waals surface area contributed by atoms with Crippen LogP contribution in [0.25, 0.3) is 11.0 Å². The zero-order chi connectivity index (χ0) is 24.9. The number of para-hydroxylation sites is 2. The van der Waals surface area contributed by atoms with Crippen molar-refractivity contribution >= 4 is 40.9 Å². The fourth-order valence-electron chi connectivity index (χ4n) is 4.13. The van der Waals surface area contributed by atoms with Crippen LogP contribution in [0.1, 0.15) is 27.0 Å². The Morgan fingerprint density at radius 2 is 1.92 bits per heavy atom. The van der Waals surface area contributed by atoms with Crippen LogP contribution in [0.4, 0.5) is 11.4 Å². The van der Waals surface area contributed by atoms with Gasteiger partial charge in [-0.2, -0.15) is 12.6 Å². The summed E-state index contributed by atoms with van der Waals surface area (Å²) in [4.78, 5) is 23.0. The number of hydrogen-bond donors (Lipinski definition) is 4. The van der Waals surface area contributed by atoms with Crippen molar-refractivity contribution in [1.29, 1.82) is 0 Å². The number of carbonyl (C=O) groups is 1. The molecule has 1 amide bonds. The van der Waals surface area contributed by atoms with Crippen molar-refractivity contribution in [3.05, 3.63) is 83.7 Å². The van der Waals surface area contributed by atoms with Gasteiger partial charge in [-0.15, -0.1) is 0 Å². The minimum atomic E-state index is -0.273. The minimum Gasteiger partial charge on any atom is -0.492 e. The number of benzene rings is 3. The molecule has 2 heterocycles. The summed E-state index contributed by atoms with van der Waals surface area (Å²) in [6.45, 7) is 4.96. The lowest BCUT2D eigenvalue weighted by Gasteiger charge is -2.26. The van der Waals surface area contributed by atoms with Crippen molar-refractivity contribution < 1.29 is 14.3 Å². The number of ether oxygens (including phenoxy) is 2. The van der Waals surface area contributed by atoms with E-state index in [1.807, 2.05) is 42.5 Å². The highest BCUT2D eigenvalue weighted by molar-refractivity contribution is 7.80. The lowest BCUT2D eigenvalue weighted by atomic mass is 10.1. The predicted molar refractivity (Wildman–Crippen MR) is 145 cm³/mol. The number of amides is 1. The molecule has 0 bridgehead atoms. The summed E-state index contributed by atoms with van der Waals surface area (Å²) in [5.74, 6) is 1.31. The van der Waals surface area contributed by atoms with Gasteiger partial charge in [0.15, 0.2) is 0 Å². The average Bonchev–Trinajstić information content (AvgIpc) is 3.34. The maximum atomic E-state index is 12.6. The molecule has 3 aromatic carbocycles. The first-order chi connectivity index (χ1) is 17.6. The Morgan fingerprint density at radius 3 is 2.69 bits per heavy atom. The molecule has 4 N–H and O–H groups in total. The summed E-state index contributed by atoms with van der Waals surface area (Å²) in [5, 5.41) is 2.57. The number of imidazole rings is 1. The van der Waals surface area contributed by atoms with E-state index in [4.69, 9.17) is 32.8 Å². The van der Waals surface area contributed by atoms with Gasteiger partial charge < -0.3 is 25.5 Å². The largest absolute Gasteiger partial charge is 0.492 e. The molecule has 0 saturated carbocycles. The van der Waals surface area contributed by atoms with E-state index in [0.29, 0.717) is 23.5 Å². The molecular formula is C27H29N5O3S. The number of anilines is 2. The molecule has 36 heavy (non-hydrogen) atoms. The van der Waals surface area contributed by atoms with E-state index in [1.165, 1.54) is 0 Å². The first-order valence-electron chi connectivity index (χ1n) is 11.9. The summed E-state index contributed by atoms with van der Waals surface area (Å²) >= 11 is 4.78. The normalized spacial score (nSPS) is 15.0. The molecule has 1 aliphatic heterocycles. The number of nitrogen functional groups attached to an aromatic ring is 1. The zero-order valence-corrected chi connectivity index (χ0v) is 20.7. The molecule has 0 radical (unpaired) electrons. The molecule has 5 rings (SSSR count). The number of rotatable bonds is 8. The van der Waals surface area contributed by atoms with Gasteiger partial charge in [-0.3, -0.25) is 9.69 Å². The van der Waals surface area contributed by atoms with Crippen LogP contribution in [0.5, 0.6) is 5.75 Å². The van der Waals surface area contributed by atoms with Crippen molar-refractivity contribution in [2.45, 2.75) is 5.25 Å². The Bertz CT molecular complexity index is 1340. The van der Waals surface area contributed by atoms with E-state index in [0.717, 1.165) is 61.0 Å². The van der Waals surface area contributed by atoms with Crippen LogP contribution in [-0.4, -0.2) is 60.2 Å². The van der Waals surface area contributed by atoms with Crippen molar-refractivity contribution in [1.82, 2.24) is 14.9 Å². The number of morpholine rings is 1. The topological polar surface area (TPSA) is 106 Å². The molecule has 1 aliphatic rings. The highest BCUT2D eigenvalue weighted by Crippen LogP contribution is 2.29. The third-order valence-corrected chi connectivity index (χ3v) is 6.75. The molecule has 0 spiro atoms. The van der Waals surface area contributed by atoms with E-state index in [2.05, 4.69) is 15.2 Å². The van der Waals surface area contributed by atoms with E-state index < -0.39 is 0 Å². The Labute approximate surface area is 215 Å². The number of aromatic nitrogens is 2. The number of hydrogen-bond acceptors (Lipinski definition) is 7. The Morgan fingerprint density at radius 1 is 1.14 bits per heavy atom. The molecule has 4 aromatic rings. The number of thiol groups is 1. The summed E-state index contributed by atoms with van der Waals surface area (Å²) in [7, 11) is 0. The first kappa shape index (κ1) is 24.2. The molecule has 0 aliphatic carbocycles. The van der Waals surface area contributed by atoms with Gasteiger partial charge in [0.2, 0.25) is 0 Å². The van der Waals surface area contributed by atoms with Gasteiger partial charge in [0.1, 0.15) is 18.2 Å². The number of aromatic amines is 1. The SMILES string of the molecule is Nc1ccccc1NC(=O)c1ccc(C(S)c2nc3ccc(OCCN4CCOCC4)cc3[nH]2)cc1. The van der Waals surface area contributed by atoms with Gasteiger partial charge in [0.05, 0.1) is 40.9 Å². The average molecular weight is 504 g/mol. The minimum absolute atomic E-state index is 0.222. The Hall–Kier alpha value is -3.53. The molecule has 1 fully saturated rings. The van der Waals surface area contributed by atoms with Crippen LogP contribution < -0.4 is 15.8 Å². The van der Waals surface area contributed by atoms with Crippen LogP contribution in [-0.2, 0) is 4.74 Å². The highest BCUT2D eigenvalue weighted by Gasteiger charge is 2.16. The molecular weight excluding hydrogens is 474 g/mol. The molecule has 1 atom stereocenters. The fourth-order valence-corrected chi connectivity index (χ4v) is 4.42. The number of H-pyrrole nitrogens is 1. The van der Waals surface area contributed by atoms with Gasteiger partial charge in [-0.1, -0.05) is 24.3 Å². The predicted octanol–water partition coefficient (Wildman–Crippen LogP) is 4.13. The summed E-state index contributed by atoms with van der Waals surface area (Å²) in [5.41, 5.74) is 10.2. The van der Waals surface area contributed by atoms with E-state index in [9.17, 15) is 4.79 Å².